The molecule has 1 fully saturated rings. The maximum atomic E-state index is 12.2. The molecule has 0 radical (unpaired) electrons. The molecule has 0 atom stereocenters. The lowest BCUT2D eigenvalue weighted by Crippen LogP contribution is -2.54. The summed E-state index contributed by atoms with van der Waals surface area (Å²) in [5, 5.41) is 12.5. The maximum absolute atomic E-state index is 12.2. The molecule has 1 saturated heterocycles. The van der Waals surface area contributed by atoms with Crippen molar-refractivity contribution >= 4 is 5.91 Å². The summed E-state index contributed by atoms with van der Waals surface area (Å²) in [6, 6.07) is 3.71. The Kier molecular flexibility index (Phi) is 3.73. The zero-order valence-corrected chi connectivity index (χ0v) is 10.9. The minimum atomic E-state index is -0.534. The van der Waals surface area contributed by atoms with Crippen molar-refractivity contribution in [2.45, 2.75) is 25.3 Å². The number of aryl methyl sites for hydroxylation is 1. The minimum Gasteiger partial charge on any atom is -0.394 e. The van der Waals surface area contributed by atoms with Crippen LogP contribution < -0.4 is 5.32 Å². The molecule has 1 aromatic heterocycles. The van der Waals surface area contributed by atoms with Crippen LogP contribution >= 0.6 is 0 Å². The lowest BCUT2D eigenvalue weighted by atomic mass is 9.91. The fourth-order valence-electron chi connectivity index (χ4n) is 2.23. The van der Waals surface area contributed by atoms with Gasteiger partial charge in [-0.25, -0.2) is 0 Å². The number of carbonyl (C=O) groups is 1. The predicted molar refractivity (Wildman–Crippen MR) is 67.5 cm³/mol. The van der Waals surface area contributed by atoms with Gasteiger partial charge in [0, 0.05) is 26.0 Å². The second kappa shape index (κ2) is 5.12. The Bertz CT molecular complexity index is 433. The van der Waals surface area contributed by atoms with Crippen molar-refractivity contribution < 1.29 is 14.6 Å². The quantitative estimate of drug-likeness (QED) is 0.828. The van der Waals surface area contributed by atoms with E-state index >= 15 is 0 Å². The smallest absolute Gasteiger partial charge is 0.268 e. The van der Waals surface area contributed by atoms with E-state index in [0.717, 1.165) is 5.69 Å². The van der Waals surface area contributed by atoms with Crippen molar-refractivity contribution in [1.29, 1.82) is 0 Å². The summed E-state index contributed by atoms with van der Waals surface area (Å²) in [5.74, 6) is -0.137. The largest absolute Gasteiger partial charge is 0.394 e. The van der Waals surface area contributed by atoms with E-state index in [-0.39, 0.29) is 12.5 Å². The van der Waals surface area contributed by atoms with E-state index in [0.29, 0.717) is 31.7 Å². The van der Waals surface area contributed by atoms with Crippen LogP contribution in [0.15, 0.2) is 12.1 Å². The van der Waals surface area contributed by atoms with Crippen molar-refractivity contribution in [2.24, 2.45) is 7.05 Å². The molecule has 1 aliphatic heterocycles. The van der Waals surface area contributed by atoms with E-state index in [9.17, 15) is 9.90 Å². The highest BCUT2D eigenvalue weighted by Crippen LogP contribution is 2.21. The van der Waals surface area contributed by atoms with Gasteiger partial charge in [-0.1, -0.05) is 0 Å². The second-order valence-corrected chi connectivity index (χ2v) is 4.92. The summed E-state index contributed by atoms with van der Waals surface area (Å²) >= 11 is 0. The molecule has 0 saturated carbocycles. The Labute approximate surface area is 107 Å². The van der Waals surface area contributed by atoms with Gasteiger partial charge in [-0.15, -0.1) is 0 Å². The molecule has 2 rings (SSSR count). The molecule has 0 bridgehead atoms. The Morgan fingerprint density at radius 1 is 1.50 bits per heavy atom. The van der Waals surface area contributed by atoms with Crippen LogP contribution in [0.4, 0.5) is 0 Å². The van der Waals surface area contributed by atoms with Crippen LogP contribution in [0.1, 0.15) is 29.0 Å². The SMILES string of the molecule is Cc1ccc(C(=O)NC2(CO)CCOCC2)n1C. The number of aromatic nitrogens is 1. The van der Waals surface area contributed by atoms with Gasteiger partial charge < -0.3 is 19.7 Å². The molecule has 0 spiro atoms. The minimum absolute atomic E-state index is 0.0501. The third-order valence-electron chi connectivity index (χ3n) is 3.74. The normalized spacial score (nSPS) is 18.6. The van der Waals surface area contributed by atoms with E-state index < -0.39 is 5.54 Å². The first-order valence-electron chi connectivity index (χ1n) is 6.21. The van der Waals surface area contributed by atoms with Gasteiger partial charge in [0.25, 0.3) is 5.91 Å². The molecule has 1 amide bonds. The van der Waals surface area contributed by atoms with Gasteiger partial charge in [-0.05, 0) is 31.9 Å². The Morgan fingerprint density at radius 2 is 2.17 bits per heavy atom. The standard InChI is InChI=1S/C13H20N2O3/c1-10-3-4-11(15(10)2)12(17)14-13(9-16)5-7-18-8-6-13/h3-4,16H,5-9H2,1-2H3,(H,14,17). The fraction of sp³-hybridized carbons (Fsp3) is 0.615. The molecule has 1 aliphatic rings. The van der Waals surface area contributed by atoms with Gasteiger partial charge in [0.05, 0.1) is 12.1 Å². The average Bonchev–Trinajstić information content (AvgIpc) is 2.71. The van der Waals surface area contributed by atoms with Crippen LogP contribution in [-0.2, 0) is 11.8 Å². The van der Waals surface area contributed by atoms with E-state index in [1.54, 1.807) is 6.07 Å². The highest BCUT2D eigenvalue weighted by molar-refractivity contribution is 5.93. The molecule has 2 heterocycles. The Balaban J connectivity index is 2.12. The van der Waals surface area contributed by atoms with Crippen LogP contribution in [0, 0.1) is 6.92 Å². The van der Waals surface area contributed by atoms with Crippen molar-refractivity contribution in [3.8, 4) is 0 Å². The molecule has 5 heteroatoms. The van der Waals surface area contributed by atoms with Crippen molar-refractivity contribution in [3.63, 3.8) is 0 Å². The monoisotopic (exact) mass is 252 g/mol. The number of ether oxygens (including phenoxy) is 1. The molecule has 0 unspecified atom stereocenters. The Hall–Kier alpha value is -1.33. The molecule has 0 aliphatic carbocycles. The highest BCUT2D eigenvalue weighted by atomic mass is 16.5. The van der Waals surface area contributed by atoms with E-state index in [4.69, 9.17) is 4.74 Å². The molecular formula is C13H20N2O3. The van der Waals surface area contributed by atoms with Crippen LogP contribution in [-0.4, -0.2) is 40.9 Å². The predicted octanol–water partition coefficient (Wildman–Crippen LogP) is 0.605. The van der Waals surface area contributed by atoms with Crippen molar-refractivity contribution in [3.05, 3.63) is 23.5 Å². The van der Waals surface area contributed by atoms with E-state index in [1.165, 1.54) is 0 Å². The number of nitrogens with one attached hydrogen (secondary N) is 1. The number of rotatable bonds is 3. The first kappa shape index (κ1) is 13.1. The molecule has 0 aromatic carbocycles. The molecule has 100 valence electrons. The van der Waals surface area contributed by atoms with Gasteiger partial charge in [-0.2, -0.15) is 0 Å². The molecular weight excluding hydrogens is 232 g/mol. The number of hydrogen-bond acceptors (Lipinski definition) is 3. The number of aliphatic hydroxyl groups is 1. The molecule has 2 N–H and O–H groups in total. The number of hydrogen-bond donors (Lipinski definition) is 2. The third-order valence-corrected chi connectivity index (χ3v) is 3.74. The molecule has 5 nitrogen and oxygen atoms in total. The van der Waals surface area contributed by atoms with Crippen molar-refractivity contribution in [2.75, 3.05) is 19.8 Å². The number of aliphatic hydroxyl groups excluding tert-OH is 1. The summed E-state index contributed by atoms with van der Waals surface area (Å²) in [7, 11) is 1.86. The zero-order chi connectivity index (χ0) is 13.2. The van der Waals surface area contributed by atoms with Crippen LogP contribution in [0.3, 0.4) is 0 Å². The third kappa shape index (κ3) is 2.42. The van der Waals surface area contributed by atoms with Crippen LogP contribution in [0.25, 0.3) is 0 Å². The first-order chi connectivity index (χ1) is 8.58. The fourth-order valence-corrected chi connectivity index (χ4v) is 2.23. The van der Waals surface area contributed by atoms with E-state index in [1.807, 2.05) is 24.6 Å². The molecule has 18 heavy (non-hydrogen) atoms. The maximum Gasteiger partial charge on any atom is 0.268 e. The lowest BCUT2D eigenvalue weighted by Gasteiger charge is -2.36. The first-order valence-corrected chi connectivity index (χ1v) is 6.21. The van der Waals surface area contributed by atoms with E-state index in [2.05, 4.69) is 5.32 Å². The van der Waals surface area contributed by atoms with Gasteiger partial charge in [0.15, 0.2) is 0 Å². The number of nitrogens with zero attached hydrogens (tertiary/aromatic N) is 1. The second-order valence-electron chi connectivity index (χ2n) is 4.92. The van der Waals surface area contributed by atoms with Gasteiger partial charge in [0.1, 0.15) is 5.69 Å². The zero-order valence-electron chi connectivity index (χ0n) is 10.9. The number of carbonyl (C=O) groups excluding carboxylic acids is 1. The summed E-state index contributed by atoms with van der Waals surface area (Å²) in [4.78, 5) is 12.2. The summed E-state index contributed by atoms with van der Waals surface area (Å²) in [5.41, 5.74) is 1.12. The van der Waals surface area contributed by atoms with Crippen LogP contribution in [0.2, 0.25) is 0 Å². The van der Waals surface area contributed by atoms with Crippen molar-refractivity contribution in [1.82, 2.24) is 9.88 Å². The number of amides is 1. The summed E-state index contributed by atoms with van der Waals surface area (Å²) < 4.78 is 7.12. The van der Waals surface area contributed by atoms with Gasteiger partial charge >= 0.3 is 0 Å². The molecule has 1 aromatic rings. The topological polar surface area (TPSA) is 63.5 Å². The lowest BCUT2D eigenvalue weighted by molar-refractivity contribution is 0.0123. The van der Waals surface area contributed by atoms with Gasteiger partial charge in [0.2, 0.25) is 0 Å². The summed E-state index contributed by atoms with van der Waals surface area (Å²) in [6.07, 6.45) is 1.30. The highest BCUT2D eigenvalue weighted by Gasteiger charge is 2.34. The van der Waals surface area contributed by atoms with Gasteiger partial charge in [-0.3, -0.25) is 4.79 Å². The van der Waals surface area contributed by atoms with Crippen LogP contribution in [0.5, 0.6) is 0 Å². The average molecular weight is 252 g/mol. The summed E-state index contributed by atoms with van der Waals surface area (Å²) in [6.45, 7) is 3.05. The Morgan fingerprint density at radius 3 is 2.67 bits per heavy atom.